The van der Waals surface area contributed by atoms with Crippen molar-refractivity contribution in [1.82, 2.24) is 4.90 Å². The second-order valence-electron chi connectivity index (χ2n) is 6.80. The molecular weight excluding hydrogens is 452 g/mol. The van der Waals surface area contributed by atoms with Crippen LogP contribution in [0, 0.1) is 0 Å². The summed E-state index contributed by atoms with van der Waals surface area (Å²) < 4.78 is 4.65. The van der Waals surface area contributed by atoms with E-state index >= 15 is 0 Å². The van der Waals surface area contributed by atoms with Crippen LogP contribution in [0.15, 0.2) is 65.1 Å². The number of nitrogens with one attached hydrogen (secondary N) is 1. The van der Waals surface area contributed by atoms with Crippen molar-refractivity contribution in [3.8, 4) is 0 Å². The first-order valence-corrected chi connectivity index (χ1v) is 10.6. The summed E-state index contributed by atoms with van der Waals surface area (Å²) in [5.74, 6) is -1.79. The minimum atomic E-state index is -0.652. The summed E-state index contributed by atoms with van der Waals surface area (Å²) in [6.07, 6.45) is 3.51. The highest BCUT2D eigenvalue weighted by atomic mass is 35.5. The van der Waals surface area contributed by atoms with Gasteiger partial charge in [0.15, 0.2) is 0 Å². The lowest BCUT2D eigenvalue weighted by atomic mass is 10.1. The SMILES string of the molecule is COC(=O)c1cc(NC(=O)CN2C(=O)S/C(=C/C(C)=C/c3ccccc3)C2=O)ccc1Cl. The van der Waals surface area contributed by atoms with E-state index < -0.39 is 29.6 Å². The summed E-state index contributed by atoms with van der Waals surface area (Å²) in [5.41, 5.74) is 2.13. The maximum absolute atomic E-state index is 12.6. The zero-order valence-electron chi connectivity index (χ0n) is 17.3. The van der Waals surface area contributed by atoms with Crippen LogP contribution in [0.4, 0.5) is 10.5 Å². The van der Waals surface area contributed by atoms with E-state index in [4.69, 9.17) is 11.6 Å². The normalized spacial score (nSPS) is 15.3. The van der Waals surface area contributed by atoms with Crippen LogP contribution < -0.4 is 5.32 Å². The zero-order chi connectivity index (χ0) is 23.3. The Bertz CT molecular complexity index is 1140. The summed E-state index contributed by atoms with van der Waals surface area (Å²) in [7, 11) is 1.22. The molecule has 1 aliphatic heterocycles. The lowest BCUT2D eigenvalue weighted by Crippen LogP contribution is -2.36. The van der Waals surface area contributed by atoms with Gasteiger partial charge < -0.3 is 10.1 Å². The van der Waals surface area contributed by atoms with Gasteiger partial charge in [0.25, 0.3) is 11.1 Å². The van der Waals surface area contributed by atoms with Crippen molar-refractivity contribution in [1.29, 1.82) is 0 Å². The lowest BCUT2D eigenvalue weighted by Gasteiger charge is -2.13. The fourth-order valence-corrected chi connectivity index (χ4v) is 3.99. The number of carbonyl (C=O) groups is 4. The summed E-state index contributed by atoms with van der Waals surface area (Å²) in [5, 5.41) is 2.19. The van der Waals surface area contributed by atoms with Crippen LogP contribution in [-0.2, 0) is 14.3 Å². The number of methoxy groups -OCH3 is 1. The average Bonchev–Trinajstić information content (AvgIpc) is 3.02. The van der Waals surface area contributed by atoms with Crippen LogP contribution in [0.2, 0.25) is 5.02 Å². The maximum atomic E-state index is 12.6. The Labute approximate surface area is 194 Å². The number of anilines is 1. The van der Waals surface area contributed by atoms with E-state index in [0.29, 0.717) is 0 Å². The molecule has 1 heterocycles. The molecular formula is C23H19ClN2O5S. The highest BCUT2D eigenvalue weighted by Crippen LogP contribution is 2.31. The Balaban J connectivity index is 1.68. The number of hydrogen-bond acceptors (Lipinski definition) is 6. The van der Waals surface area contributed by atoms with Crippen molar-refractivity contribution < 1.29 is 23.9 Å². The van der Waals surface area contributed by atoms with Crippen molar-refractivity contribution in [2.75, 3.05) is 19.0 Å². The molecule has 0 aliphatic carbocycles. The quantitative estimate of drug-likeness (QED) is 0.484. The van der Waals surface area contributed by atoms with Crippen molar-refractivity contribution >= 4 is 58.1 Å². The van der Waals surface area contributed by atoms with Crippen LogP contribution in [-0.4, -0.2) is 41.6 Å². The number of carbonyl (C=O) groups excluding carboxylic acids is 4. The van der Waals surface area contributed by atoms with Gasteiger partial charge in [0.2, 0.25) is 5.91 Å². The minimum Gasteiger partial charge on any atom is -0.465 e. The highest BCUT2D eigenvalue weighted by Gasteiger charge is 2.36. The van der Waals surface area contributed by atoms with E-state index in [9.17, 15) is 19.2 Å². The van der Waals surface area contributed by atoms with Gasteiger partial charge in [-0.05, 0) is 54.1 Å². The molecule has 0 spiro atoms. The third-order valence-electron chi connectivity index (χ3n) is 4.38. The van der Waals surface area contributed by atoms with E-state index in [1.165, 1.54) is 25.3 Å². The smallest absolute Gasteiger partial charge is 0.339 e. The molecule has 0 bridgehead atoms. The molecule has 3 rings (SSSR count). The molecule has 32 heavy (non-hydrogen) atoms. The predicted molar refractivity (Wildman–Crippen MR) is 124 cm³/mol. The molecule has 0 saturated carbocycles. The topological polar surface area (TPSA) is 92.8 Å². The van der Waals surface area contributed by atoms with Crippen LogP contribution in [0.25, 0.3) is 6.08 Å². The predicted octanol–water partition coefficient (Wildman–Crippen LogP) is 4.75. The molecule has 9 heteroatoms. The number of amides is 3. The van der Waals surface area contributed by atoms with Gasteiger partial charge in [-0.1, -0.05) is 48.0 Å². The number of halogens is 1. The molecule has 0 unspecified atom stereocenters. The summed E-state index contributed by atoms with van der Waals surface area (Å²) >= 11 is 6.75. The van der Waals surface area contributed by atoms with Crippen molar-refractivity contribution in [2.45, 2.75) is 6.92 Å². The van der Waals surface area contributed by atoms with Gasteiger partial charge in [-0.25, -0.2) is 4.79 Å². The average molecular weight is 471 g/mol. The molecule has 3 amide bonds. The molecule has 2 aromatic carbocycles. The number of nitrogens with zero attached hydrogens (tertiary/aromatic N) is 1. The van der Waals surface area contributed by atoms with Gasteiger partial charge >= 0.3 is 5.97 Å². The Kier molecular flexibility index (Phi) is 7.50. The van der Waals surface area contributed by atoms with Crippen molar-refractivity contribution in [3.05, 3.63) is 81.2 Å². The van der Waals surface area contributed by atoms with E-state index in [1.54, 1.807) is 6.08 Å². The molecule has 164 valence electrons. The second kappa shape index (κ2) is 10.3. The number of allylic oxidation sites excluding steroid dienone is 2. The van der Waals surface area contributed by atoms with Gasteiger partial charge in [0.05, 0.1) is 22.6 Å². The highest BCUT2D eigenvalue weighted by molar-refractivity contribution is 8.18. The fourth-order valence-electron chi connectivity index (χ4n) is 2.91. The minimum absolute atomic E-state index is 0.0849. The van der Waals surface area contributed by atoms with Crippen LogP contribution >= 0.6 is 23.4 Å². The fraction of sp³-hybridized carbons (Fsp3) is 0.130. The maximum Gasteiger partial charge on any atom is 0.339 e. The number of esters is 1. The van der Waals surface area contributed by atoms with Gasteiger partial charge in [-0.15, -0.1) is 0 Å². The molecule has 0 radical (unpaired) electrons. The molecule has 1 fully saturated rings. The lowest BCUT2D eigenvalue weighted by molar-refractivity contribution is -0.127. The van der Waals surface area contributed by atoms with Gasteiger partial charge in [-0.2, -0.15) is 0 Å². The molecule has 0 aromatic heterocycles. The van der Waals surface area contributed by atoms with E-state index in [0.717, 1.165) is 27.8 Å². The van der Waals surface area contributed by atoms with E-state index in [1.807, 2.05) is 43.3 Å². The van der Waals surface area contributed by atoms with E-state index in [-0.39, 0.29) is 21.2 Å². The third-order valence-corrected chi connectivity index (χ3v) is 5.62. The number of benzene rings is 2. The first kappa shape index (κ1) is 23.3. The van der Waals surface area contributed by atoms with Crippen LogP contribution in [0.1, 0.15) is 22.8 Å². The Morgan fingerprint density at radius 2 is 1.88 bits per heavy atom. The van der Waals surface area contributed by atoms with Crippen LogP contribution in [0.3, 0.4) is 0 Å². The van der Waals surface area contributed by atoms with E-state index in [2.05, 4.69) is 10.1 Å². The number of ether oxygens (including phenoxy) is 1. The summed E-state index contributed by atoms with van der Waals surface area (Å²) in [4.78, 5) is 50.2. The Morgan fingerprint density at radius 3 is 2.56 bits per heavy atom. The largest absolute Gasteiger partial charge is 0.465 e. The van der Waals surface area contributed by atoms with Gasteiger partial charge in [0.1, 0.15) is 6.54 Å². The molecule has 1 aliphatic rings. The number of rotatable bonds is 6. The second-order valence-corrected chi connectivity index (χ2v) is 8.20. The summed E-state index contributed by atoms with van der Waals surface area (Å²) in [6, 6.07) is 13.9. The zero-order valence-corrected chi connectivity index (χ0v) is 18.8. The van der Waals surface area contributed by atoms with Gasteiger partial charge in [-0.3, -0.25) is 19.3 Å². The Hall–Kier alpha value is -3.36. The first-order valence-electron chi connectivity index (χ1n) is 9.45. The third kappa shape index (κ3) is 5.66. The molecule has 1 N–H and O–H groups in total. The standard InChI is InChI=1S/C23H19ClN2O5S/c1-14(10-15-6-4-3-5-7-15)11-19-21(28)26(23(30)32-19)13-20(27)25-16-8-9-18(24)17(12-16)22(29)31-2/h3-12H,13H2,1-2H3,(H,25,27)/b14-10+,19-11+. The van der Waals surface area contributed by atoms with Crippen LogP contribution in [0.5, 0.6) is 0 Å². The molecule has 2 aromatic rings. The first-order chi connectivity index (χ1) is 15.3. The molecule has 0 atom stereocenters. The Morgan fingerprint density at radius 1 is 1.16 bits per heavy atom. The number of imide groups is 1. The number of thioether (sulfide) groups is 1. The van der Waals surface area contributed by atoms with Gasteiger partial charge in [0, 0.05) is 5.69 Å². The van der Waals surface area contributed by atoms with Crippen molar-refractivity contribution in [3.63, 3.8) is 0 Å². The summed E-state index contributed by atoms with van der Waals surface area (Å²) in [6.45, 7) is 1.37. The monoisotopic (exact) mass is 470 g/mol. The van der Waals surface area contributed by atoms with Crippen molar-refractivity contribution in [2.24, 2.45) is 0 Å². The number of hydrogen-bond donors (Lipinski definition) is 1. The molecule has 7 nitrogen and oxygen atoms in total. The molecule has 1 saturated heterocycles.